The minimum absolute atomic E-state index is 0.0120. The van der Waals surface area contributed by atoms with Gasteiger partial charge in [0.15, 0.2) is 0 Å². The van der Waals surface area contributed by atoms with Gasteiger partial charge in [0.05, 0.1) is 5.69 Å². The van der Waals surface area contributed by atoms with Crippen molar-refractivity contribution in [3.63, 3.8) is 0 Å². The standard InChI is InChI=1S/C25H25N3O5S/c1-14(12-21(29)28(3)23-22(24(30)31)15(2)27-34-23)26-25(32)33-13-20-18-10-6-4-8-16(18)17-9-5-7-11-19(17)20/h4-11,14,20H,12-13H2,1-3H3,(H,26,32)(H,30,31)/t14-/m1/s1. The molecule has 34 heavy (non-hydrogen) atoms. The normalized spacial score (nSPS) is 13.0. The number of aromatic carboxylic acids is 1. The number of aryl methyl sites for hydroxylation is 1. The van der Waals surface area contributed by atoms with E-state index < -0.39 is 18.1 Å². The Kier molecular flexibility index (Phi) is 6.65. The molecule has 0 radical (unpaired) electrons. The number of amides is 2. The third-order valence-electron chi connectivity index (χ3n) is 5.93. The van der Waals surface area contributed by atoms with Crippen LogP contribution in [0.1, 0.15) is 46.4 Å². The van der Waals surface area contributed by atoms with Crippen molar-refractivity contribution in [2.75, 3.05) is 18.6 Å². The third kappa shape index (κ3) is 4.51. The van der Waals surface area contributed by atoms with Crippen LogP contribution in [0.25, 0.3) is 11.1 Å². The van der Waals surface area contributed by atoms with E-state index in [0.29, 0.717) is 5.69 Å². The minimum atomic E-state index is -1.13. The van der Waals surface area contributed by atoms with Gasteiger partial charge in [0.25, 0.3) is 0 Å². The maximum absolute atomic E-state index is 12.7. The summed E-state index contributed by atoms with van der Waals surface area (Å²) in [6.45, 7) is 3.47. The molecular formula is C25H25N3O5S. The zero-order chi connectivity index (χ0) is 24.4. The molecule has 3 aromatic rings. The highest BCUT2D eigenvalue weighted by Crippen LogP contribution is 2.44. The van der Waals surface area contributed by atoms with Gasteiger partial charge in [-0.25, -0.2) is 9.59 Å². The maximum Gasteiger partial charge on any atom is 0.407 e. The van der Waals surface area contributed by atoms with Gasteiger partial charge >= 0.3 is 12.1 Å². The summed E-state index contributed by atoms with van der Waals surface area (Å²) in [7, 11) is 1.50. The number of aromatic nitrogens is 1. The van der Waals surface area contributed by atoms with E-state index in [2.05, 4.69) is 21.8 Å². The summed E-state index contributed by atoms with van der Waals surface area (Å²) in [6, 6.07) is 15.7. The lowest BCUT2D eigenvalue weighted by atomic mass is 9.98. The van der Waals surface area contributed by atoms with Gasteiger partial charge in [0, 0.05) is 25.4 Å². The lowest BCUT2D eigenvalue weighted by molar-refractivity contribution is -0.118. The summed E-state index contributed by atoms with van der Waals surface area (Å²) < 4.78 is 9.57. The quantitative estimate of drug-likeness (QED) is 0.519. The predicted octanol–water partition coefficient (Wildman–Crippen LogP) is 4.43. The van der Waals surface area contributed by atoms with Crippen LogP contribution in [0.15, 0.2) is 48.5 Å². The number of carboxylic acids is 1. The third-order valence-corrected chi connectivity index (χ3v) is 6.94. The van der Waals surface area contributed by atoms with Gasteiger partial charge in [-0.05, 0) is 47.6 Å². The van der Waals surface area contributed by atoms with Gasteiger partial charge in [0.1, 0.15) is 17.2 Å². The molecule has 0 saturated carbocycles. The van der Waals surface area contributed by atoms with Crippen LogP contribution < -0.4 is 10.2 Å². The molecular weight excluding hydrogens is 454 g/mol. The summed E-state index contributed by atoms with van der Waals surface area (Å²) in [6.07, 6.45) is -0.624. The number of nitrogens with one attached hydrogen (secondary N) is 1. The van der Waals surface area contributed by atoms with Gasteiger partial charge in [-0.2, -0.15) is 4.37 Å². The minimum Gasteiger partial charge on any atom is -0.478 e. The van der Waals surface area contributed by atoms with Crippen molar-refractivity contribution >= 4 is 34.5 Å². The average Bonchev–Trinajstić information content (AvgIpc) is 3.35. The maximum atomic E-state index is 12.7. The molecule has 1 aromatic heterocycles. The van der Waals surface area contributed by atoms with E-state index in [4.69, 9.17) is 4.74 Å². The number of anilines is 1. The van der Waals surface area contributed by atoms with Crippen LogP contribution in [0.3, 0.4) is 0 Å². The predicted molar refractivity (Wildman–Crippen MR) is 130 cm³/mol. The molecule has 0 bridgehead atoms. The van der Waals surface area contributed by atoms with Crippen molar-refractivity contribution < 1.29 is 24.2 Å². The van der Waals surface area contributed by atoms with Crippen molar-refractivity contribution in [1.82, 2.24) is 9.69 Å². The number of hydrogen-bond donors (Lipinski definition) is 2. The van der Waals surface area contributed by atoms with E-state index in [1.54, 1.807) is 13.8 Å². The molecule has 0 spiro atoms. The van der Waals surface area contributed by atoms with Crippen LogP contribution in [0.4, 0.5) is 9.80 Å². The van der Waals surface area contributed by atoms with E-state index in [1.165, 1.54) is 11.9 Å². The number of rotatable bonds is 7. The first-order chi connectivity index (χ1) is 16.3. The molecule has 2 aromatic carbocycles. The van der Waals surface area contributed by atoms with Crippen molar-refractivity contribution in [3.8, 4) is 11.1 Å². The zero-order valence-electron chi connectivity index (χ0n) is 19.1. The molecule has 1 aliphatic rings. The van der Waals surface area contributed by atoms with Crippen LogP contribution >= 0.6 is 11.5 Å². The first-order valence-electron chi connectivity index (χ1n) is 10.9. The van der Waals surface area contributed by atoms with Gasteiger partial charge in [-0.15, -0.1) is 0 Å². The average molecular weight is 480 g/mol. The van der Waals surface area contributed by atoms with E-state index in [-0.39, 0.29) is 35.4 Å². The summed E-state index contributed by atoms with van der Waals surface area (Å²) in [5.41, 5.74) is 4.90. The summed E-state index contributed by atoms with van der Waals surface area (Å²) >= 11 is 0.955. The molecule has 9 heteroatoms. The number of nitrogens with zero attached hydrogens (tertiary/aromatic N) is 2. The highest BCUT2D eigenvalue weighted by molar-refractivity contribution is 7.11. The first-order valence-corrected chi connectivity index (χ1v) is 11.6. The lowest BCUT2D eigenvalue weighted by Gasteiger charge is -2.20. The van der Waals surface area contributed by atoms with E-state index in [1.807, 2.05) is 36.4 Å². The van der Waals surface area contributed by atoms with Crippen molar-refractivity contribution in [3.05, 3.63) is 70.9 Å². The molecule has 2 amide bonds. The highest BCUT2D eigenvalue weighted by atomic mass is 32.1. The topological polar surface area (TPSA) is 109 Å². The van der Waals surface area contributed by atoms with Crippen LogP contribution in [0, 0.1) is 6.92 Å². The second-order valence-corrected chi connectivity index (χ2v) is 9.03. The fourth-order valence-corrected chi connectivity index (χ4v) is 5.10. The second kappa shape index (κ2) is 9.64. The Bertz CT molecular complexity index is 1210. The van der Waals surface area contributed by atoms with E-state index in [0.717, 1.165) is 33.8 Å². The van der Waals surface area contributed by atoms with E-state index in [9.17, 15) is 19.5 Å². The van der Waals surface area contributed by atoms with Crippen LogP contribution in [0.5, 0.6) is 0 Å². The van der Waals surface area contributed by atoms with Crippen LogP contribution in [0.2, 0.25) is 0 Å². The first kappa shape index (κ1) is 23.4. The Morgan fingerprint density at radius 1 is 1.12 bits per heavy atom. The number of carbonyl (C=O) groups excluding carboxylic acids is 2. The Morgan fingerprint density at radius 3 is 2.29 bits per heavy atom. The molecule has 176 valence electrons. The van der Waals surface area contributed by atoms with Gasteiger partial charge in [-0.1, -0.05) is 48.5 Å². The molecule has 0 fully saturated rings. The fourth-order valence-electron chi connectivity index (χ4n) is 4.24. The molecule has 1 aliphatic carbocycles. The van der Waals surface area contributed by atoms with Crippen molar-refractivity contribution in [2.24, 2.45) is 0 Å². The largest absolute Gasteiger partial charge is 0.478 e. The Labute approximate surface area is 201 Å². The van der Waals surface area contributed by atoms with Crippen molar-refractivity contribution in [2.45, 2.75) is 32.2 Å². The number of ether oxygens (including phenoxy) is 1. The molecule has 8 nitrogen and oxygen atoms in total. The Balaban J connectivity index is 1.34. The summed E-state index contributed by atoms with van der Waals surface area (Å²) in [4.78, 5) is 37.9. The number of fused-ring (bicyclic) bond motifs is 3. The SMILES string of the molecule is Cc1nsc(N(C)C(=O)C[C@@H](C)NC(=O)OCC2c3ccccc3-c3ccccc32)c1C(=O)O. The molecule has 2 N–H and O–H groups in total. The Morgan fingerprint density at radius 2 is 1.71 bits per heavy atom. The fraction of sp³-hybridized carbons (Fsp3) is 0.280. The summed E-state index contributed by atoms with van der Waals surface area (Å²) in [5, 5.41) is 12.4. The highest BCUT2D eigenvalue weighted by Gasteiger charge is 2.29. The molecule has 4 rings (SSSR count). The second-order valence-electron chi connectivity index (χ2n) is 8.28. The monoisotopic (exact) mass is 479 g/mol. The molecule has 0 saturated heterocycles. The molecule has 0 aliphatic heterocycles. The lowest BCUT2D eigenvalue weighted by Crippen LogP contribution is -2.38. The van der Waals surface area contributed by atoms with Gasteiger partial charge in [-0.3, -0.25) is 4.79 Å². The van der Waals surface area contributed by atoms with Crippen LogP contribution in [-0.4, -0.2) is 47.1 Å². The molecule has 0 unspecified atom stereocenters. The number of carbonyl (C=O) groups is 3. The van der Waals surface area contributed by atoms with Gasteiger partial charge < -0.3 is 20.1 Å². The number of carboxylic acid groups (broad SMARTS) is 1. The smallest absolute Gasteiger partial charge is 0.407 e. The Hall–Kier alpha value is -3.72. The zero-order valence-corrected chi connectivity index (χ0v) is 19.9. The number of alkyl carbamates (subject to hydrolysis) is 1. The van der Waals surface area contributed by atoms with E-state index >= 15 is 0 Å². The van der Waals surface area contributed by atoms with Crippen molar-refractivity contribution in [1.29, 1.82) is 0 Å². The number of benzene rings is 2. The summed E-state index contributed by atoms with van der Waals surface area (Å²) in [5.74, 6) is -1.52. The number of hydrogen-bond acceptors (Lipinski definition) is 6. The van der Waals surface area contributed by atoms with Crippen LogP contribution in [-0.2, 0) is 9.53 Å². The molecule has 1 heterocycles. The van der Waals surface area contributed by atoms with Gasteiger partial charge in [0.2, 0.25) is 5.91 Å². The molecule has 1 atom stereocenters.